The van der Waals surface area contributed by atoms with E-state index in [1.807, 2.05) is 0 Å². The predicted octanol–water partition coefficient (Wildman–Crippen LogP) is 1.85. The van der Waals surface area contributed by atoms with Crippen molar-refractivity contribution in [1.82, 2.24) is 9.80 Å². The molecule has 2 atom stereocenters. The Morgan fingerprint density at radius 2 is 1.75 bits per heavy atom. The predicted molar refractivity (Wildman–Crippen MR) is 65.1 cm³/mol. The fraction of sp³-hybridized carbons (Fsp3) is 0.923. The van der Waals surface area contributed by atoms with Crippen LogP contribution in [0.3, 0.4) is 0 Å². The normalized spacial score (nSPS) is 38.9. The first-order valence-electron chi connectivity index (χ1n) is 6.55. The molecule has 2 unspecified atom stereocenters. The zero-order valence-electron chi connectivity index (χ0n) is 10.7. The summed E-state index contributed by atoms with van der Waals surface area (Å²) in [5, 5.41) is 9.61. The van der Waals surface area contributed by atoms with Crippen molar-refractivity contribution < 1.29 is 0 Å². The molecule has 0 saturated carbocycles. The molecule has 0 amide bonds. The van der Waals surface area contributed by atoms with Gasteiger partial charge in [0.15, 0.2) is 0 Å². The topological polar surface area (TPSA) is 30.3 Å². The molecule has 3 nitrogen and oxygen atoms in total. The molecule has 0 aromatic heterocycles. The maximum absolute atomic E-state index is 9.61. The number of hydrogen-bond donors (Lipinski definition) is 0. The number of rotatable bonds is 3. The molecular formula is C13H23N3. The molecule has 0 aromatic carbocycles. The van der Waals surface area contributed by atoms with Gasteiger partial charge in [-0.2, -0.15) is 5.26 Å². The van der Waals surface area contributed by atoms with Gasteiger partial charge in [0.05, 0.1) is 6.07 Å². The molecule has 90 valence electrons. The molecule has 3 heteroatoms. The maximum atomic E-state index is 9.61. The van der Waals surface area contributed by atoms with Gasteiger partial charge in [0.2, 0.25) is 0 Å². The van der Waals surface area contributed by atoms with E-state index >= 15 is 0 Å². The van der Waals surface area contributed by atoms with Crippen molar-refractivity contribution in [2.75, 3.05) is 20.1 Å². The van der Waals surface area contributed by atoms with E-state index in [9.17, 15) is 5.26 Å². The number of fused-ring (bicyclic) bond motifs is 2. The van der Waals surface area contributed by atoms with Crippen LogP contribution < -0.4 is 0 Å². The largest absolute Gasteiger partial charge is 0.300 e. The van der Waals surface area contributed by atoms with E-state index in [4.69, 9.17) is 0 Å². The van der Waals surface area contributed by atoms with E-state index in [1.165, 1.54) is 12.8 Å². The number of nitriles is 1. The van der Waals surface area contributed by atoms with E-state index in [2.05, 4.69) is 36.8 Å². The molecule has 2 aliphatic rings. The number of piperidine rings is 1. The quantitative estimate of drug-likeness (QED) is 0.728. The van der Waals surface area contributed by atoms with Crippen molar-refractivity contribution in [3.05, 3.63) is 0 Å². The minimum absolute atomic E-state index is 0.179. The van der Waals surface area contributed by atoms with Gasteiger partial charge in [-0.15, -0.1) is 0 Å². The Morgan fingerprint density at radius 3 is 2.12 bits per heavy atom. The van der Waals surface area contributed by atoms with E-state index < -0.39 is 0 Å². The van der Waals surface area contributed by atoms with E-state index in [0.29, 0.717) is 12.1 Å². The van der Waals surface area contributed by atoms with Gasteiger partial charge in [-0.3, -0.25) is 4.90 Å². The summed E-state index contributed by atoms with van der Waals surface area (Å²) < 4.78 is 0. The molecule has 0 aliphatic carbocycles. The van der Waals surface area contributed by atoms with E-state index in [1.54, 1.807) is 0 Å². The zero-order valence-corrected chi connectivity index (χ0v) is 10.7. The van der Waals surface area contributed by atoms with Crippen LogP contribution in [0.25, 0.3) is 0 Å². The smallest absolute Gasteiger partial charge is 0.112 e. The average molecular weight is 221 g/mol. The Balaban J connectivity index is 2.22. The summed E-state index contributed by atoms with van der Waals surface area (Å²) >= 11 is 0. The molecular weight excluding hydrogens is 198 g/mol. The monoisotopic (exact) mass is 221 g/mol. The highest BCUT2D eigenvalue weighted by molar-refractivity contribution is 5.16. The second-order valence-corrected chi connectivity index (χ2v) is 5.27. The Hall–Kier alpha value is -0.590. The van der Waals surface area contributed by atoms with Crippen LogP contribution in [0.2, 0.25) is 0 Å². The first kappa shape index (κ1) is 11.9. The number of nitrogens with zero attached hydrogens (tertiary/aromatic N) is 3. The average Bonchev–Trinajstić information content (AvgIpc) is 2.55. The SMILES string of the molecule is CCN(CC)C1(C#N)CC2CCC(C1)N2C. The highest BCUT2D eigenvalue weighted by Crippen LogP contribution is 2.42. The third kappa shape index (κ3) is 1.65. The lowest BCUT2D eigenvalue weighted by Crippen LogP contribution is -2.57. The highest BCUT2D eigenvalue weighted by Gasteiger charge is 2.49. The second-order valence-electron chi connectivity index (χ2n) is 5.27. The summed E-state index contributed by atoms with van der Waals surface area (Å²) in [4.78, 5) is 4.87. The lowest BCUT2D eigenvalue weighted by molar-refractivity contribution is 0.0380. The molecule has 2 fully saturated rings. The molecule has 0 aromatic rings. The first-order valence-corrected chi connectivity index (χ1v) is 6.55. The molecule has 2 saturated heterocycles. The van der Waals surface area contributed by atoms with Crippen LogP contribution in [-0.4, -0.2) is 47.6 Å². The van der Waals surface area contributed by atoms with Crippen molar-refractivity contribution in [1.29, 1.82) is 5.26 Å². The van der Waals surface area contributed by atoms with Gasteiger partial charge in [-0.25, -0.2) is 0 Å². The van der Waals surface area contributed by atoms with Gasteiger partial charge < -0.3 is 4.90 Å². The molecule has 2 heterocycles. The van der Waals surface area contributed by atoms with Crippen molar-refractivity contribution in [2.45, 2.75) is 57.2 Å². The minimum Gasteiger partial charge on any atom is -0.300 e. The minimum atomic E-state index is -0.179. The van der Waals surface area contributed by atoms with Gasteiger partial charge in [0.1, 0.15) is 5.54 Å². The third-order valence-electron chi connectivity index (χ3n) is 4.71. The maximum Gasteiger partial charge on any atom is 0.112 e. The Bertz CT molecular complexity index is 276. The summed E-state index contributed by atoms with van der Waals surface area (Å²) in [5.41, 5.74) is -0.179. The molecule has 2 bridgehead atoms. The molecule has 2 aliphatic heterocycles. The lowest BCUT2D eigenvalue weighted by atomic mass is 9.82. The Morgan fingerprint density at radius 1 is 1.25 bits per heavy atom. The lowest BCUT2D eigenvalue weighted by Gasteiger charge is -2.46. The van der Waals surface area contributed by atoms with Crippen LogP contribution in [0, 0.1) is 11.3 Å². The molecule has 16 heavy (non-hydrogen) atoms. The van der Waals surface area contributed by atoms with Crippen LogP contribution in [0.5, 0.6) is 0 Å². The summed E-state index contributed by atoms with van der Waals surface area (Å²) in [7, 11) is 2.23. The van der Waals surface area contributed by atoms with E-state index in [-0.39, 0.29) is 5.54 Å². The fourth-order valence-corrected chi connectivity index (χ4v) is 3.69. The summed E-state index contributed by atoms with van der Waals surface area (Å²) in [6, 6.07) is 3.92. The standard InChI is InChI=1S/C13H23N3/c1-4-16(5-2)13(10-14)8-11-6-7-12(9-13)15(11)3/h11-12H,4-9H2,1-3H3. The highest BCUT2D eigenvalue weighted by atomic mass is 15.3. The second kappa shape index (κ2) is 4.35. The summed E-state index contributed by atoms with van der Waals surface area (Å²) in [6.45, 7) is 6.33. The van der Waals surface area contributed by atoms with Gasteiger partial charge in [0.25, 0.3) is 0 Å². The Kier molecular flexibility index (Phi) is 3.23. The Labute approximate surface area is 99.0 Å². The van der Waals surface area contributed by atoms with Gasteiger partial charge in [0, 0.05) is 12.1 Å². The molecule has 0 N–H and O–H groups in total. The van der Waals surface area contributed by atoms with Crippen LogP contribution in [0.1, 0.15) is 39.5 Å². The molecule has 0 radical (unpaired) electrons. The van der Waals surface area contributed by atoms with Gasteiger partial charge in [-0.1, -0.05) is 13.8 Å². The molecule has 2 rings (SSSR count). The number of hydrogen-bond acceptors (Lipinski definition) is 3. The van der Waals surface area contributed by atoms with Gasteiger partial charge in [-0.05, 0) is 45.8 Å². The zero-order chi connectivity index (χ0) is 11.8. The fourth-order valence-electron chi connectivity index (χ4n) is 3.69. The van der Waals surface area contributed by atoms with Crippen LogP contribution >= 0.6 is 0 Å². The summed E-state index contributed by atoms with van der Waals surface area (Å²) in [6.07, 6.45) is 4.65. The van der Waals surface area contributed by atoms with Crippen molar-refractivity contribution in [3.63, 3.8) is 0 Å². The first-order chi connectivity index (χ1) is 7.66. The van der Waals surface area contributed by atoms with Gasteiger partial charge >= 0.3 is 0 Å². The van der Waals surface area contributed by atoms with Crippen LogP contribution in [0.15, 0.2) is 0 Å². The van der Waals surface area contributed by atoms with Crippen LogP contribution in [0.4, 0.5) is 0 Å². The third-order valence-corrected chi connectivity index (χ3v) is 4.71. The van der Waals surface area contributed by atoms with Crippen molar-refractivity contribution in [3.8, 4) is 6.07 Å². The van der Waals surface area contributed by atoms with E-state index in [0.717, 1.165) is 25.9 Å². The molecule has 0 spiro atoms. The van der Waals surface area contributed by atoms with Crippen LogP contribution in [-0.2, 0) is 0 Å². The summed E-state index contributed by atoms with van der Waals surface area (Å²) in [5.74, 6) is 0. The van der Waals surface area contributed by atoms with Crippen molar-refractivity contribution >= 4 is 0 Å². The van der Waals surface area contributed by atoms with Crippen molar-refractivity contribution in [2.24, 2.45) is 0 Å².